The van der Waals surface area contributed by atoms with Crippen LogP contribution in [0, 0.1) is 5.82 Å². The highest BCUT2D eigenvalue weighted by atomic mass is 35.5. The van der Waals surface area contributed by atoms with E-state index in [0.717, 1.165) is 11.8 Å². The third-order valence-electron chi connectivity index (χ3n) is 3.56. The zero-order valence-corrected chi connectivity index (χ0v) is 15.0. The predicted molar refractivity (Wildman–Crippen MR) is 98.8 cm³/mol. The van der Waals surface area contributed by atoms with Gasteiger partial charge in [-0.3, -0.25) is 9.59 Å². The van der Waals surface area contributed by atoms with E-state index in [-0.39, 0.29) is 23.4 Å². The molecule has 132 valence electrons. The quantitative estimate of drug-likeness (QED) is 0.884. The Morgan fingerprint density at radius 3 is 2.20 bits per heavy atom. The Morgan fingerprint density at radius 2 is 1.68 bits per heavy atom. The van der Waals surface area contributed by atoms with Crippen LogP contribution in [0.3, 0.4) is 0 Å². The zero-order valence-electron chi connectivity index (χ0n) is 14.2. The Labute approximate surface area is 151 Å². The van der Waals surface area contributed by atoms with E-state index in [4.69, 9.17) is 11.6 Å². The number of amides is 2. The van der Waals surface area contributed by atoms with Crippen LogP contribution in [0.2, 0.25) is 5.02 Å². The summed E-state index contributed by atoms with van der Waals surface area (Å²) in [7, 11) is 3.85. The van der Waals surface area contributed by atoms with E-state index in [1.807, 2.05) is 31.1 Å². The first kappa shape index (κ1) is 18.7. The molecule has 0 fully saturated rings. The topological polar surface area (TPSA) is 52.7 Å². The molecule has 0 heterocycles. The molecule has 0 aromatic heterocycles. The van der Waals surface area contributed by atoms with Crippen molar-refractivity contribution in [1.82, 2.24) is 0 Å². The van der Waals surface area contributed by atoms with Crippen LogP contribution in [0.15, 0.2) is 42.5 Å². The maximum absolute atomic E-state index is 13.3. The van der Waals surface area contributed by atoms with Crippen LogP contribution in [0.5, 0.6) is 0 Å². The number of carbonyl (C=O) groups is 2. The molecule has 0 saturated heterocycles. The zero-order chi connectivity index (χ0) is 18.6. The minimum Gasteiger partial charge on any atom is -0.378 e. The van der Waals surface area contributed by atoms with Crippen LogP contribution in [-0.2, 0) is 9.59 Å². The minimum absolute atomic E-state index is 0.108. The number of carbonyl (C=O) groups excluding carboxylic acids is 2. The van der Waals surface area contributed by atoms with Crippen molar-refractivity contribution in [1.29, 1.82) is 0 Å². The summed E-state index contributed by atoms with van der Waals surface area (Å²) in [6.07, 6.45) is 0. The number of nitrogens with one attached hydrogen (secondary N) is 1. The molecule has 2 aromatic rings. The van der Waals surface area contributed by atoms with Crippen molar-refractivity contribution in [2.75, 3.05) is 35.8 Å². The van der Waals surface area contributed by atoms with Crippen LogP contribution in [0.25, 0.3) is 0 Å². The lowest BCUT2D eigenvalue weighted by molar-refractivity contribution is -0.120. The molecule has 0 bridgehead atoms. The Balaban J connectivity index is 2.09. The molecule has 7 heteroatoms. The van der Waals surface area contributed by atoms with E-state index in [1.165, 1.54) is 24.0 Å². The fraction of sp³-hybridized carbons (Fsp3) is 0.222. The molecule has 0 aliphatic rings. The molecule has 0 spiro atoms. The third kappa shape index (κ3) is 4.93. The lowest BCUT2D eigenvalue weighted by Gasteiger charge is -2.21. The molecule has 1 N–H and O–H groups in total. The average molecular weight is 364 g/mol. The molecule has 0 saturated carbocycles. The summed E-state index contributed by atoms with van der Waals surface area (Å²) in [5, 5.41) is 2.62. The largest absolute Gasteiger partial charge is 0.378 e. The second-order valence-electron chi connectivity index (χ2n) is 5.69. The molecule has 25 heavy (non-hydrogen) atoms. The number of nitrogens with zero attached hydrogens (tertiary/aromatic N) is 2. The second-order valence-corrected chi connectivity index (χ2v) is 6.10. The molecule has 0 aliphatic heterocycles. The first-order valence-corrected chi connectivity index (χ1v) is 7.96. The van der Waals surface area contributed by atoms with Crippen molar-refractivity contribution in [3.8, 4) is 0 Å². The Morgan fingerprint density at radius 1 is 1.08 bits per heavy atom. The van der Waals surface area contributed by atoms with Crippen LogP contribution in [-0.4, -0.2) is 32.5 Å². The molecular weight excluding hydrogens is 345 g/mol. The molecule has 0 aliphatic carbocycles. The van der Waals surface area contributed by atoms with Gasteiger partial charge < -0.3 is 15.1 Å². The van der Waals surface area contributed by atoms with Gasteiger partial charge in [0, 0.05) is 38.1 Å². The Kier molecular flexibility index (Phi) is 5.98. The van der Waals surface area contributed by atoms with Gasteiger partial charge in [-0.2, -0.15) is 0 Å². The molecule has 0 radical (unpaired) electrons. The Hall–Kier alpha value is -2.60. The summed E-state index contributed by atoms with van der Waals surface area (Å²) in [5.41, 5.74) is 1.98. The van der Waals surface area contributed by atoms with Gasteiger partial charge in [0.25, 0.3) is 0 Å². The van der Waals surface area contributed by atoms with Gasteiger partial charge in [0.15, 0.2) is 0 Å². The van der Waals surface area contributed by atoms with Gasteiger partial charge in [-0.05, 0) is 42.5 Å². The van der Waals surface area contributed by atoms with Crippen LogP contribution in [0.4, 0.5) is 21.5 Å². The fourth-order valence-electron chi connectivity index (χ4n) is 2.22. The predicted octanol–water partition coefficient (Wildman–Crippen LogP) is 3.54. The van der Waals surface area contributed by atoms with E-state index in [1.54, 1.807) is 12.1 Å². The van der Waals surface area contributed by atoms with Gasteiger partial charge in [0.2, 0.25) is 11.8 Å². The van der Waals surface area contributed by atoms with Crippen molar-refractivity contribution >= 4 is 40.5 Å². The minimum atomic E-state index is -0.584. The van der Waals surface area contributed by atoms with Gasteiger partial charge in [0.1, 0.15) is 12.4 Å². The lowest BCUT2D eigenvalue weighted by Crippen LogP contribution is -2.36. The van der Waals surface area contributed by atoms with Gasteiger partial charge in [-0.1, -0.05) is 11.6 Å². The highest BCUT2D eigenvalue weighted by Crippen LogP contribution is 2.23. The number of hydrogen-bond acceptors (Lipinski definition) is 3. The van der Waals surface area contributed by atoms with Crippen LogP contribution >= 0.6 is 11.6 Å². The summed E-state index contributed by atoms with van der Waals surface area (Å²) in [6, 6.07) is 11.2. The summed E-state index contributed by atoms with van der Waals surface area (Å²) in [5.74, 6) is -1.30. The second kappa shape index (κ2) is 7.98. The summed E-state index contributed by atoms with van der Waals surface area (Å²) in [4.78, 5) is 27.3. The molecule has 5 nitrogen and oxygen atoms in total. The smallest absolute Gasteiger partial charge is 0.244 e. The van der Waals surface area contributed by atoms with E-state index >= 15 is 0 Å². The van der Waals surface area contributed by atoms with Gasteiger partial charge in [-0.25, -0.2) is 4.39 Å². The SMILES string of the molecule is CC(=O)N(CC(=O)Nc1ccc(N(C)C)cc1)c1ccc(F)c(Cl)c1. The maximum atomic E-state index is 13.3. The van der Waals surface area contributed by atoms with Crippen LogP contribution in [0.1, 0.15) is 6.92 Å². The number of benzene rings is 2. The van der Waals surface area contributed by atoms with E-state index in [0.29, 0.717) is 11.4 Å². The van der Waals surface area contributed by atoms with E-state index in [9.17, 15) is 14.0 Å². The van der Waals surface area contributed by atoms with Gasteiger partial charge >= 0.3 is 0 Å². The van der Waals surface area contributed by atoms with Gasteiger partial charge in [0.05, 0.1) is 5.02 Å². The molecule has 0 unspecified atom stereocenters. The highest BCUT2D eigenvalue weighted by Gasteiger charge is 2.17. The third-order valence-corrected chi connectivity index (χ3v) is 3.85. The number of anilines is 3. The van der Waals surface area contributed by atoms with E-state index in [2.05, 4.69) is 5.32 Å². The fourth-order valence-corrected chi connectivity index (χ4v) is 2.40. The maximum Gasteiger partial charge on any atom is 0.244 e. The normalized spacial score (nSPS) is 10.3. The molecule has 2 rings (SSSR count). The average Bonchev–Trinajstić information content (AvgIpc) is 2.55. The molecule has 0 atom stereocenters. The van der Waals surface area contributed by atoms with Crippen molar-refractivity contribution < 1.29 is 14.0 Å². The summed E-state index contributed by atoms with van der Waals surface area (Å²) in [6.45, 7) is 1.13. The lowest BCUT2D eigenvalue weighted by atomic mass is 10.2. The van der Waals surface area contributed by atoms with Crippen molar-refractivity contribution in [3.63, 3.8) is 0 Å². The first-order chi connectivity index (χ1) is 11.8. The summed E-state index contributed by atoms with van der Waals surface area (Å²) < 4.78 is 13.3. The molecule has 2 aromatic carbocycles. The number of halogens is 2. The number of hydrogen-bond donors (Lipinski definition) is 1. The number of rotatable bonds is 5. The Bertz CT molecular complexity index is 778. The standard InChI is InChI=1S/C18H19ClFN3O2/c1-12(24)23(15-8-9-17(20)16(19)10-15)11-18(25)21-13-4-6-14(7-5-13)22(2)3/h4-10H,11H2,1-3H3,(H,21,25). The first-order valence-electron chi connectivity index (χ1n) is 7.58. The summed E-state index contributed by atoms with van der Waals surface area (Å²) >= 11 is 5.75. The molecular formula is C18H19ClFN3O2. The van der Waals surface area contributed by atoms with Crippen LogP contribution < -0.4 is 15.1 Å². The van der Waals surface area contributed by atoms with Gasteiger partial charge in [-0.15, -0.1) is 0 Å². The van der Waals surface area contributed by atoms with Crippen molar-refractivity contribution in [2.24, 2.45) is 0 Å². The van der Waals surface area contributed by atoms with E-state index < -0.39 is 5.82 Å². The highest BCUT2D eigenvalue weighted by molar-refractivity contribution is 6.31. The van der Waals surface area contributed by atoms with Crippen molar-refractivity contribution in [2.45, 2.75) is 6.92 Å². The molecule has 2 amide bonds. The van der Waals surface area contributed by atoms with Crippen molar-refractivity contribution in [3.05, 3.63) is 53.3 Å². The monoisotopic (exact) mass is 363 g/mol.